The zero-order valence-electron chi connectivity index (χ0n) is 9.50. The Morgan fingerprint density at radius 1 is 1.25 bits per heavy atom. The monoisotopic (exact) mass is 214 g/mol. The maximum Gasteiger partial charge on any atom is 0.0379 e. The third-order valence-electron chi connectivity index (χ3n) is 4.61. The zero-order valence-corrected chi connectivity index (χ0v) is 9.50. The van der Waals surface area contributed by atoms with Crippen LogP contribution < -0.4 is 10.6 Å². The number of piperidine rings is 1. The molecule has 1 fully saturated rings. The van der Waals surface area contributed by atoms with Crippen molar-refractivity contribution in [1.29, 1.82) is 0 Å². The summed E-state index contributed by atoms with van der Waals surface area (Å²) >= 11 is 0. The second-order valence-electron chi connectivity index (χ2n) is 5.43. The molecule has 2 nitrogen and oxygen atoms in total. The Kier molecular flexibility index (Phi) is 1.83. The van der Waals surface area contributed by atoms with Crippen molar-refractivity contribution >= 4 is 5.69 Å². The highest BCUT2D eigenvalue weighted by Crippen LogP contribution is 2.48. The van der Waals surface area contributed by atoms with Gasteiger partial charge in [-0.25, -0.2) is 0 Å². The van der Waals surface area contributed by atoms with E-state index in [0.717, 1.165) is 24.4 Å². The lowest BCUT2D eigenvalue weighted by atomic mass is 9.71. The van der Waals surface area contributed by atoms with Crippen LogP contribution in [0.1, 0.15) is 42.2 Å². The van der Waals surface area contributed by atoms with Crippen LogP contribution in [-0.2, 0) is 0 Å². The summed E-state index contributed by atoms with van der Waals surface area (Å²) in [7, 11) is 0. The van der Waals surface area contributed by atoms with Gasteiger partial charge in [0.1, 0.15) is 0 Å². The summed E-state index contributed by atoms with van der Waals surface area (Å²) in [6.07, 6.45) is 4.05. The van der Waals surface area contributed by atoms with Crippen molar-refractivity contribution in [3.8, 4) is 0 Å². The lowest BCUT2D eigenvalue weighted by Gasteiger charge is -2.40. The van der Waals surface area contributed by atoms with Gasteiger partial charge in [-0.15, -0.1) is 0 Å². The molecule has 0 saturated carbocycles. The van der Waals surface area contributed by atoms with Gasteiger partial charge in [0.15, 0.2) is 0 Å². The van der Waals surface area contributed by atoms with E-state index in [1.165, 1.54) is 31.5 Å². The Labute approximate surface area is 96.4 Å². The largest absolute Gasteiger partial charge is 0.384 e. The Hall–Kier alpha value is -1.02. The summed E-state index contributed by atoms with van der Waals surface area (Å²) in [6, 6.07) is 7.57. The molecule has 2 aliphatic heterocycles. The molecule has 16 heavy (non-hydrogen) atoms. The molecule has 1 aliphatic carbocycles. The molecule has 4 rings (SSSR count). The first-order chi connectivity index (χ1) is 7.93. The van der Waals surface area contributed by atoms with Crippen LogP contribution >= 0.6 is 0 Å². The first-order valence-corrected chi connectivity index (χ1v) is 6.53. The van der Waals surface area contributed by atoms with Crippen molar-refractivity contribution < 1.29 is 0 Å². The summed E-state index contributed by atoms with van der Waals surface area (Å²) in [4.78, 5) is 0. The maximum absolute atomic E-state index is 3.72. The minimum Gasteiger partial charge on any atom is -0.384 e. The highest BCUT2D eigenvalue weighted by molar-refractivity contribution is 5.63. The van der Waals surface area contributed by atoms with Gasteiger partial charge in [0.05, 0.1) is 0 Å². The van der Waals surface area contributed by atoms with Crippen molar-refractivity contribution in [3.05, 3.63) is 29.3 Å². The highest BCUT2D eigenvalue weighted by Gasteiger charge is 2.39. The first kappa shape index (κ1) is 9.06. The van der Waals surface area contributed by atoms with Gasteiger partial charge in [-0.05, 0) is 48.9 Å². The predicted molar refractivity (Wildman–Crippen MR) is 66.1 cm³/mol. The lowest BCUT2D eigenvalue weighted by molar-refractivity contribution is 0.303. The number of hydrogen-bond donors (Lipinski definition) is 2. The molecule has 0 amide bonds. The average Bonchev–Trinajstić information content (AvgIpc) is 2.75. The van der Waals surface area contributed by atoms with E-state index in [0.29, 0.717) is 0 Å². The van der Waals surface area contributed by atoms with Crippen LogP contribution in [0.15, 0.2) is 18.2 Å². The fraction of sp³-hybridized carbons (Fsp3) is 0.571. The Morgan fingerprint density at radius 2 is 2.25 bits per heavy atom. The predicted octanol–water partition coefficient (Wildman–Crippen LogP) is 2.43. The average molecular weight is 214 g/mol. The molecule has 84 valence electrons. The molecule has 2 N–H and O–H groups in total. The van der Waals surface area contributed by atoms with E-state index in [2.05, 4.69) is 28.8 Å². The van der Waals surface area contributed by atoms with Crippen molar-refractivity contribution in [3.63, 3.8) is 0 Å². The summed E-state index contributed by atoms with van der Waals surface area (Å²) in [5.74, 6) is 1.54. The van der Waals surface area contributed by atoms with Gasteiger partial charge in [-0.3, -0.25) is 0 Å². The fourth-order valence-electron chi connectivity index (χ4n) is 3.93. The number of anilines is 1. The molecule has 1 aromatic rings. The van der Waals surface area contributed by atoms with E-state index >= 15 is 0 Å². The highest BCUT2D eigenvalue weighted by atomic mass is 15.0. The molecular weight excluding hydrogens is 196 g/mol. The van der Waals surface area contributed by atoms with Gasteiger partial charge >= 0.3 is 0 Å². The SMILES string of the molecule is c1cc2c3c(c1)[C@H]1CCCN[C@@H]1C[C@@H]3CN2. The number of rotatable bonds is 0. The van der Waals surface area contributed by atoms with Crippen molar-refractivity contribution in [2.24, 2.45) is 0 Å². The Bertz CT molecular complexity index is 427. The molecule has 1 saturated heterocycles. The molecule has 0 radical (unpaired) electrons. The topological polar surface area (TPSA) is 24.1 Å². The molecule has 0 unspecified atom stereocenters. The van der Waals surface area contributed by atoms with Crippen molar-refractivity contribution in [2.45, 2.75) is 37.1 Å². The van der Waals surface area contributed by atoms with Crippen LogP contribution in [0.2, 0.25) is 0 Å². The fourth-order valence-corrected chi connectivity index (χ4v) is 3.93. The smallest absolute Gasteiger partial charge is 0.0379 e. The third-order valence-corrected chi connectivity index (χ3v) is 4.61. The molecule has 0 spiro atoms. The van der Waals surface area contributed by atoms with Gasteiger partial charge in [0.2, 0.25) is 0 Å². The number of hydrogen-bond acceptors (Lipinski definition) is 2. The minimum absolute atomic E-state index is 0.737. The Morgan fingerprint density at radius 3 is 3.25 bits per heavy atom. The molecular formula is C14H18N2. The standard InChI is InChI=1S/C14H18N2/c1-3-11-10-4-2-6-15-13(10)7-9-8-16-12(5-1)14(9)11/h1,3,5,9-10,13,15-16H,2,4,6-8H2/t9-,10-,13-/m1/s1. The Balaban J connectivity index is 1.86. The van der Waals surface area contributed by atoms with E-state index < -0.39 is 0 Å². The molecule has 0 aromatic heterocycles. The molecule has 2 heterocycles. The van der Waals surface area contributed by atoms with Gasteiger partial charge < -0.3 is 10.6 Å². The molecule has 2 heteroatoms. The van der Waals surface area contributed by atoms with Gasteiger partial charge in [-0.1, -0.05) is 12.1 Å². The molecule has 3 aliphatic rings. The van der Waals surface area contributed by atoms with Crippen molar-refractivity contribution in [1.82, 2.24) is 5.32 Å². The van der Waals surface area contributed by atoms with Crippen LogP contribution in [0.4, 0.5) is 5.69 Å². The van der Waals surface area contributed by atoms with Crippen LogP contribution in [-0.4, -0.2) is 19.1 Å². The number of benzene rings is 1. The summed E-state index contributed by atoms with van der Waals surface area (Å²) < 4.78 is 0. The van der Waals surface area contributed by atoms with E-state index in [-0.39, 0.29) is 0 Å². The number of nitrogens with one attached hydrogen (secondary N) is 2. The second-order valence-corrected chi connectivity index (χ2v) is 5.43. The van der Waals surface area contributed by atoms with E-state index in [9.17, 15) is 0 Å². The third kappa shape index (κ3) is 1.11. The second kappa shape index (κ2) is 3.24. The molecule has 0 bridgehead atoms. The van der Waals surface area contributed by atoms with Gasteiger partial charge in [0.25, 0.3) is 0 Å². The van der Waals surface area contributed by atoms with E-state index in [4.69, 9.17) is 0 Å². The van der Waals surface area contributed by atoms with Gasteiger partial charge in [0, 0.05) is 24.2 Å². The van der Waals surface area contributed by atoms with Gasteiger partial charge in [-0.2, -0.15) is 0 Å². The summed E-state index contributed by atoms with van der Waals surface area (Å²) in [5.41, 5.74) is 4.69. The minimum atomic E-state index is 0.737. The molecule has 3 atom stereocenters. The van der Waals surface area contributed by atoms with Crippen LogP contribution in [0, 0.1) is 0 Å². The summed E-state index contributed by atoms with van der Waals surface area (Å²) in [6.45, 7) is 2.37. The quantitative estimate of drug-likeness (QED) is 0.693. The summed E-state index contributed by atoms with van der Waals surface area (Å²) in [5, 5.41) is 7.29. The van der Waals surface area contributed by atoms with Crippen molar-refractivity contribution in [2.75, 3.05) is 18.4 Å². The van der Waals surface area contributed by atoms with E-state index in [1.807, 2.05) is 0 Å². The van der Waals surface area contributed by atoms with Crippen LogP contribution in [0.3, 0.4) is 0 Å². The van der Waals surface area contributed by atoms with Crippen LogP contribution in [0.25, 0.3) is 0 Å². The first-order valence-electron chi connectivity index (χ1n) is 6.53. The lowest BCUT2D eigenvalue weighted by Crippen LogP contribution is -2.43. The zero-order chi connectivity index (χ0) is 10.5. The van der Waals surface area contributed by atoms with E-state index in [1.54, 1.807) is 11.1 Å². The molecule has 1 aromatic carbocycles. The maximum atomic E-state index is 3.72. The number of fused-ring (bicyclic) bond motifs is 2. The normalized spacial score (nSPS) is 35.1. The van der Waals surface area contributed by atoms with Crippen LogP contribution in [0.5, 0.6) is 0 Å².